The molecule has 0 radical (unpaired) electrons. The molecule has 2 rings (SSSR count). The van der Waals surface area contributed by atoms with Gasteiger partial charge in [-0.1, -0.05) is 38.1 Å². The highest BCUT2D eigenvalue weighted by atomic mass is 16.5. The fourth-order valence-corrected chi connectivity index (χ4v) is 2.40. The molecule has 0 amide bonds. The van der Waals surface area contributed by atoms with E-state index >= 15 is 0 Å². The fourth-order valence-electron chi connectivity index (χ4n) is 2.40. The molecule has 1 aromatic carbocycles. The summed E-state index contributed by atoms with van der Waals surface area (Å²) in [6.45, 7) is 8.43. The molecule has 106 valence electrons. The van der Waals surface area contributed by atoms with Crippen LogP contribution in [0.3, 0.4) is 0 Å². The van der Waals surface area contributed by atoms with Crippen molar-refractivity contribution in [1.82, 2.24) is 5.32 Å². The first kappa shape index (κ1) is 14.5. The zero-order valence-corrected chi connectivity index (χ0v) is 12.5. The first-order chi connectivity index (χ1) is 9.24. The van der Waals surface area contributed by atoms with Crippen molar-refractivity contribution in [3.63, 3.8) is 0 Å². The molecule has 1 aliphatic rings. The van der Waals surface area contributed by atoms with Crippen molar-refractivity contribution in [1.29, 1.82) is 0 Å². The Morgan fingerprint density at radius 2 is 1.89 bits per heavy atom. The minimum Gasteiger partial charge on any atom is -0.376 e. The third kappa shape index (κ3) is 4.32. The van der Waals surface area contributed by atoms with Crippen molar-refractivity contribution < 1.29 is 4.74 Å². The normalized spacial score (nSPS) is 18.3. The Morgan fingerprint density at radius 3 is 2.42 bits per heavy atom. The van der Waals surface area contributed by atoms with Gasteiger partial charge in [0, 0.05) is 6.61 Å². The number of hydrogen-bond donors (Lipinski definition) is 1. The van der Waals surface area contributed by atoms with E-state index < -0.39 is 0 Å². The van der Waals surface area contributed by atoms with Crippen LogP contribution < -0.4 is 5.32 Å². The third-order valence-electron chi connectivity index (χ3n) is 3.93. The van der Waals surface area contributed by atoms with Crippen molar-refractivity contribution in [3.8, 4) is 0 Å². The van der Waals surface area contributed by atoms with Crippen molar-refractivity contribution in [2.24, 2.45) is 5.92 Å². The van der Waals surface area contributed by atoms with Gasteiger partial charge in [-0.15, -0.1) is 0 Å². The lowest BCUT2D eigenvalue weighted by molar-refractivity contribution is 0.0322. The summed E-state index contributed by atoms with van der Waals surface area (Å²) >= 11 is 0. The molecule has 1 aromatic rings. The Kier molecular flexibility index (Phi) is 5.41. The number of ether oxygens (including phenoxy) is 1. The molecule has 2 atom stereocenters. The summed E-state index contributed by atoms with van der Waals surface area (Å²) in [4.78, 5) is 0. The average Bonchev–Trinajstić information content (AvgIpc) is 3.26. The van der Waals surface area contributed by atoms with Crippen LogP contribution in [0.15, 0.2) is 24.3 Å². The molecule has 2 nitrogen and oxygen atoms in total. The lowest BCUT2D eigenvalue weighted by atomic mass is 10.00. The predicted octanol–water partition coefficient (Wildman–Crippen LogP) is 3.71. The lowest BCUT2D eigenvalue weighted by Crippen LogP contribution is -2.32. The van der Waals surface area contributed by atoms with Crippen LogP contribution in [0, 0.1) is 5.92 Å². The van der Waals surface area contributed by atoms with Crippen LogP contribution in [0.1, 0.15) is 50.8 Å². The van der Waals surface area contributed by atoms with Gasteiger partial charge in [0.2, 0.25) is 0 Å². The Morgan fingerprint density at radius 1 is 1.21 bits per heavy atom. The molecule has 0 aromatic heterocycles. The molecule has 1 fully saturated rings. The van der Waals surface area contributed by atoms with Crippen molar-refractivity contribution >= 4 is 0 Å². The van der Waals surface area contributed by atoms with Crippen molar-refractivity contribution in [3.05, 3.63) is 35.4 Å². The number of hydrogen-bond acceptors (Lipinski definition) is 2. The molecule has 2 unspecified atom stereocenters. The molecular weight excluding hydrogens is 234 g/mol. The first-order valence-electron chi connectivity index (χ1n) is 7.68. The van der Waals surface area contributed by atoms with E-state index in [0.717, 1.165) is 25.5 Å². The number of benzene rings is 1. The Hall–Kier alpha value is -0.860. The van der Waals surface area contributed by atoms with E-state index in [9.17, 15) is 0 Å². The molecule has 0 saturated heterocycles. The fraction of sp³-hybridized carbons (Fsp3) is 0.647. The summed E-state index contributed by atoms with van der Waals surface area (Å²) in [7, 11) is 0. The zero-order chi connectivity index (χ0) is 13.7. The second-order valence-corrected chi connectivity index (χ2v) is 5.61. The van der Waals surface area contributed by atoms with Gasteiger partial charge in [-0.3, -0.25) is 0 Å². The minimum absolute atomic E-state index is 0.230. The standard InChI is InChI=1S/C17H27NO/c1-4-14-8-10-16(11-9-14)17(18-5-2)13(3)19-12-15-6-7-15/h8-11,13,15,17-18H,4-7,12H2,1-3H3. The summed E-state index contributed by atoms with van der Waals surface area (Å²) in [6, 6.07) is 9.24. The van der Waals surface area contributed by atoms with Gasteiger partial charge in [0.15, 0.2) is 0 Å². The van der Waals surface area contributed by atoms with E-state index in [2.05, 4.69) is 50.4 Å². The highest BCUT2D eigenvalue weighted by molar-refractivity contribution is 5.25. The van der Waals surface area contributed by atoms with Crippen LogP contribution in [-0.4, -0.2) is 19.3 Å². The van der Waals surface area contributed by atoms with E-state index in [1.807, 2.05) is 0 Å². The maximum absolute atomic E-state index is 6.03. The minimum atomic E-state index is 0.230. The summed E-state index contributed by atoms with van der Waals surface area (Å²) in [6.07, 6.45) is 4.03. The highest BCUT2D eigenvalue weighted by Gasteiger charge is 2.25. The van der Waals surface area contributed by atoms with E-state index in [0.29, 0.717) is 6.04 Å². The maximum Gasteiger partial charge on any atom is 0.0741 e. The summed E-state index contributed by atoms with van der Waals surface area (Å²) in [5.74, 6) is 0.826. The Balaban J connectivity index is 1.98. The van der Waals surface area contributed by atoms with Crippen molar-refractivity contribution in [2.75, 3.05) is 13.2 Å². The summed E-state index contributed by atoms with van der Waals surface area (Å²) in [5.41, 5.74) is 2.73. The van der Waals surface area contributed by atoms with Gasteiger partial charge in [-0.25, -0.2) is 0 Å². The number of nitrogens with one attached hydrogen (secondary N) is 1. The molecule has 0 heterocycles. The second kappa shape index (κ2) is 7.06. The van der Waals surface area contributed by atoms with Gasteiger partial charge in [0.1, 0.15) is 0 Å². The quantitative estimate of drug-likeness (QED) is 0.770. The van der Waals surface area contributed by atoms with Crippen LogP contribution in [0.5, 0.6) is 0 Å². The van der Waals surface area contributed by atoms with Gasteiger partial charge in [-0.05, 0) is 49.8 Å². The second-order valence-electron chi connectivity index (χ2n) is 5.61. The largest absolute Gasteiger partial charge is 0.376 e. The number of aryl methyl sites for hydroxylation is 1. The Bertz CT molecular complexity index is 369. The summed E-state index contributed by atoms with van der Waals surface area (Å²) in [5, 5.41) is 3.56. The van der Waals surface area contributed by atoms with Crippen molar-refractivity contribution in [2.45, 2.75) is 52.2 Å². The van der Waals surface area contributed by atoms with E-state index in [-0.39, 0.29) is 6.10 Å². The first-order valence-corrected chi connectivity index (χ1v) is 7.68. The predicted molar refractivity (Wildman–Crippen MR) is 80.4 cm³/mol. The van der Waals surface area contributed by atoms with Crippen LogP contribution in [0.4, 0.5) is 0 Å². The van der Waals surface area contributed by atoms with Gasteiger partial charge >= 0.3 is 0 Å². The zero-order valence-electron chi connectivity index (χ0n) is 12.5. The molecule has 0 bridgehead atoms. The maximum atomic E-state index is 6.03. The van der Waals surface area contributed by atoms with E-state index in [4.69, 9.17) is 4.74 Å². The molecule has 19 heavy (non-hydrogen) atoms. The van der Waals surface area contributed by atoms with Gasteiger partial charge in [0.25, 0.3) is 0 Å². The molecule has 0 aliphatic heterocycles. The van der Waals surface area contributed by atoms with Crippen LogP contribution in [-0.2, 0) is 11.2 Å². The van der Waals surface area contributed by atoms with Gasteiger partial charge in [-0.2, -0.15) is 0 Å². The van der Waals surface area contributed by atoms with Gasteiger partial charge in [0.05, 0.1) is 12.1 Å². The lowest BCUT2D eigenvalue weighted by Gasteiger charge is -2.25. The SMILES string of the molecule is CCNC(c1ccc(CC)cc1)C(C)OCC1CC1. The molecule has 0 spiro atoms. The molecular formula is C17H27NO. The van der Waals surface area contributed by atoms with E-state index in [1.54, 1.807) is 0 Å². The number of rotatable bonds is 8. The number of likely N-dealkylation sites (N-methyl/N-ethyl adjacent to an activating group) is 1. The highest BCUT2D eigenvalue weighted by Crippen LogP contribution is 2.30. The monoisotopic (exact) mass is 261 g/mol. The molecule has 1 saturated carbocycles. The molecule has 1 aliphatic carbocycles. The van der Waals surface area contributed by atoms with Crippen LogP contribution in [0.25, 0.3) is 0 Å². The van der Waals surface area contributed by atoms with Crippen LogP contribution >= 0.6 is 0 Å². The van der Waals surface area contributed by atoms with Crippen LogP contribution in [0.2, 0.25) is 0 Å². The molecule has 2 heteroatoms. The van der Waals surface area contributed by atoms with Gasteiger partial charge < -0.3 is 10.1 Å². The topological polar surface area (TPSA) is 21.3 Å². The third-order valence-corrected chi connectivity index (χ3v) is 3.93. The Labute approximate surface area is 117 Å². The average molecular weight is 261 g/mol. The smallest absolute Gasteiger partial charge is 0.0741 e. The summed E-state index contributed by atoms with van der Waals surface area (Å²) < 4.78 is 6.03. The van der Waals surface area contributed by atoms with E-state index in [1.165, 1.54) is 24.0 Å². The molecule has 1 N–H and O–H groups in total.